The fraction of sp³-hybridized carbons (Fsp3) is 0.214. The average Bonchev–Trinajstić information content (AvgIpc) is 3.26. The van der Waals surface area contributed by atoms with E-state index in [0.717, 1.165) is 26.2 Å². The monoisotopic (exact) mass is 471 g/mol. The number of aryl methyl sites for hydroxylation is 1. The van der Waals surface area contributed by atoms with Gasteiger partial charge in [-0.15, -0.1) is 0 Å². The van der Waals surface area contributed by atoms with Crippen LogP contribution in [0.25, 0.3) is 10.8 Å². The second-order valence-corrected chi connectivity index (χ2v) is 9.18. The molecule has 0 N–H and O–H groups in total. The number of Topliss-reactive ketones (excluding diaryl/α,β-unsaturated/α-hetero) is 1. The molecule has 3 aromatic carbocycles. The van der Waals surface area contributed by atoms with Gasteiger partial charge in [0.1, 0.15) is 0 Å². The number of aromatic nitrogens is 1. The molecule has 2 heterocycles. The number of rotatable bonds is 6. The highest BCUT2D eigenvalue weighted by Crippen LogP contribution is 2.27. The van der Waals surface area contributed by atoms with E-state index in [1.807, 2.05) is 0 Å². The number of benzene rings is 3. The molecule has 6 heteroatoms. The van der Waals surface area contributed by atoms with E-state index in [1.54, 1.807) is 48.1 Å². The molecule has 4 aromatic rings. The van der Waals surface area contributed by atoms with Gasteiger partial charge in [-0.25, -0.2) is 0 Å². The normalized spacial score (nSPS) is 14.5. The van der Waals surface area contributed by atoms with E-state index < -0.39 is 0 Å². The number of fused-ring (bicyclic) bond motifs is 1. The fourth-order valence-electron chi connectivity index (χ4n) is 4.62. The Labute approximate surface area is 204 Å². The van der Waals surface area contributed by atoms with Crippen LogP contribution in [0.5, 0.6) is 0 Å². The average molecular weight is 472 g/mol. The fourth-order valence-corrected chi connectivity index (χ4v) is 4.74. The SMILES string of the molecule is Cn1cc(C(=O)CN2CCN(c3cccc4ccccc34)CC2)cc1C(=O)c1ccc(Cl)cc1. The molecule has 0 aliphatic carbocycles. The Bertz CT molecular complexity index is 1350. The predicted octanol–water partition coefficient (Wildman–Crippen LogP) is 5.07. The van der Waals surface area contributed by atoms with Crippen LogP contribution in [-0.2, 0) is 7.05 Å². The molecule has 0 bridgehead atoms. The molecular weight excluding hydrogens is 446 g/mol. The van der Waals surface area contributed by atoms with Crippen LogP contribution < -0.4 is 4.90 Å². The smallest absolute Gasteiger partial charge is 0.209 e. The molecular formula is C28H26ClN3O2. The maximum atomic E-state index is 13.0. The van der Waals surface area contributed by atoms with Crippen molar-refractivity contribution in [3.63, 3.8) is 0 Å². The number of hydrogen-bond donors (Lipinski definition) is 0. The van der Waals surface area contributed by atoms with Gasteiger partial charge in [0.25, 0.3) is 0 Å². The molecule has 1 aliphatic heterocycles. The minimum absolute atomic E-state index is 0.0318. The van der Waals surface area contributed by atoms with Crippen molar-refractivity contribution in [3.05, 3.63) is 101 Å². The number of carbonyl (C=O) groups excluding carboxylic acids is 2. The number of anilines is 1. The Morgan fingerprint density at radius 2 is 1.56 bits per heavy atom. The van der Waals surface area contributed by atoms with Gasteiger partial charge in [0.05, 0.1) is 12.2 Å². The maximum Gasteiger partial charge on any atom is 0.209 e. The summed E-state index contributed by atoms with van der Waals surface area (Å²) in [4.78, 5) is 30.5. The standard InChI is InChI=1S/C28H26ClN3O2/c1-30-18-22(17-26(30)28(34)21-9-11-23(29)12-10-21)27(33)19-31-13-15-32(16-14-31)25-8-4-6-20-5-2-3-7-24(20)25/h2-12,17-18H,13-16,19H2,1H3. The van der Waals surface area contributed by atoms with Gasteiger partial charge in [-0.3, -0.25) is 14.5 Å². The van der Waals surface area contributed by atoms with Crippen LogP contribution in [0.2, 0.25) is 5.02 Å². The Kier molecular flexibility index (Phi) is 6.22. The highest BCUT2D eigenvalue weighted by molar-refractivity contribution is 6.30. The number of hydrogen-bond acceptors (Lipinski definition) is 4. The van der Waals surface area contributed by atoms with E-state index in [9.17, 15) is 9.59 Å². The molecule has 5 nitrogen and oxygen atoms in total. The summed E-state index contributed by atoms with van der Waals surface area (Å²) in [7, 11) is 1.79. The topological polar surface area (TPSA) is 45.6 Å². The summed E-state index contributed by atoms with van der Waals surface area (Å²) in [5.74, 6) is -0.0914. The molecule has 0 radical (unpaired) electrons. The Hall–Kier alpha value is -3.41. The largest absolute Gasteiger partial charge is 0.368 e. The number of piperazine rings is 1. The van der Waals surface area contributed by atoms with Crippen molar-refractivity contribution in [2.75, 3.05) is 37.6 Å². The zero-order valence-corrected chi connectivity index (χ0v) is 19.8. The third-order valence-corrected chi connectivity index (χ3v) is 6.76. The third-order valence-electron chi connectivity index (χ3n) is 6.51. The maximum absolute atomic E-state index is 13.0. The third kappa shape index (κ3) is 4.49. The van der Waals surface area contributed by atoms with E-state index in [1.165, 1.54) is 16.5 Å². The lowest BCUT2D eigenvalue weighted by molar-refractivity contribution is 0.0926. The molecule has 5 rings (SSSR count). The van der Waals surface area contributed by atoms with Crippen molar-refractivity contribution in [3.8, 4) is 0 Å². The quantitative estimate of drug-likeness (QED) is 0.368. The Balaban J connectivity index is 1.23. The van der Waals surface area contributed by atoms with Crippen molar-refractivity contribution in [1.82, 2.24) is 9.47 Å². The zero-order chi connectivity index (χ0) is 23.7. The number of carbonyl (C=O) groups is 2. The molecule has 1 saturated heterocycles. The van der Waals surface area contributed by atoms with Crippen molar-refractivity contribution in [1.29, 1.82) is 0 Å². The predicted molar refractivity (Wildman–Crippen MR) is 137 cm³/mol. The summed E-state index contributed by atoms with van der Waals surface area (Å²) < 4.78 is 1.72. The van der Waals surface area contributed by atoms with Gasteiger partial charge in [-0.1, -0.05) is 48.0 Å². The summed E-state index contributed by atoms with van der Waals surface area (Å²) in [6.45, 7) is 3.73. The molecule has 0 unspecified atom stereocenters. The van der Waals surface area contributed by atoms with Gasteiger partial charge >= 0.3 is 0 Å². The molecule has 0 atom stereocenters. The molecule has 0 amide bonds. The number of nitrogens with zero attached hydrogens (tertiary/aromatic N) is 3. The molecule has 172 valence electrons. The second-order valence-electron chi connectivity index (χ2n) is 8.75. The summed E-state index contributed by atoms with van der Waals surface area (Å²) in [5, 5.41) is 3.09. The van der Waals surface area contributed by atoms with Crippen molar-refractivity contribution in [2.45, 2.75) is 0 Å². The number of halogens is 1. The lowest BCUT2D eigenvalue weighted by Crippen LogP contribution is -2.48. The van der Waals surface area contributed by atoms with Gasteiger partial charge in [0.15, 0.2) is 5.78 Å². The minimum Gasteiger partial charge on any atom is -0.368 e. The first kappa shape index (κ1) is 22.4. The first-order valence-corrected chi connectivity index (χ1v) is 11.8. The summed E-state index contributed by atoms with van der Waals surface area (Å²) in [6.07, 6.45) is 1.75. The van der Waals surface area contributed by atoms with E-state index >= 15 is 0 Å². The summed E-state index contributed by atoms with van der Waals surface area (Å²) in [5.41, 5.74) is 2.86. The van der Waals surface area contributed by atoms with Crippen LogP contribution in [-0.4, -0.2) is 53.8 Å². The second kappa shape index (κ2) is 9.45. The molecule has 0 spiro atoms. The lowest BCUT2D eigenvalue weighted by atomic mass is 10.1. The van der Waals surface area contributed by atoms with Gasteiger partial charge in [-0.05, 0) is 41.8 Å². The van der Waals surface area contributed by atoms with Gasteiger partial charge in [0, 0.05) is 66.6 Å². The molecule has 1 aliphatic rings. The van der Waals surface area contributed by atoms with Gasteiger partial charge in [-0.2, -0.15) is 0 Å². The Morgan fingerprint density at radius 1 is 0.853 bits per heavy atom. The molecule has 34 heavy (non-hydrogen) atoms. The molecule has 0 saturated carbocycles. The van der Waals surface area contributed by atoms with Crippen LogP contribution in [0.15, 0.2) is 79.0 Å². The summed E-state index contributed by atoms with van der Waals surface area (Å²) >= 11 is 5.93. The van der Waals surface area contributed by atoms with Crippen molar-refractivity contribution >= 4 is 39.6 Å². The first-order valence-electron chi connectivity index (χ1n) is 11.4. The van der Waals surface area contributed by atoms with Crippen LogP contribution >= 0.6 is 11.6 Å². The highest BCUT2D eigenvalue weighted by atomic mass is 35.5. The van der Waals surface area contributed by atoms with Crippen molar-refractivity contribution in [2.24, 2.45) is 7.05 Å². The molecule has 1 aromatic heterocycles. The van der Waals surface area contributed by atoms with Crippen molar-refractivity contribution < 1.29 is 9.59 Å². The van der Waals surface area contributed by atoms with E-state index in [2.05, 4.69) is 52.3 Å². The molecule has 1 fully saturated rings. The minimum atomic E-state index is -0.123. The van der Waals surface area contributed by atoms with Crippen LogP contribution in [0.4, 0.5) is 5.69 Å². The van der Waals surface area contributed by atoms with E-state index in [-0.39, 0.29) is 11.6 Å². The van der Waals surface area contributed by atoms with Crippen LogP contribution in [0, 0.1) is 0 Å². The van der Waals surface area contributed by atoms with Gasteiger partial charge < -0.3 is 9.47 Å². The van der Waals surface area contributed by atoms with E-state index in [4.69, 9.17) is 11.6 Å². The zero-order valence-electron chi connectivity index (χ0n) is 19.1. The van der Waals surface area contributed by atoms with Crippen LogP contribution in [0.3, 0.4) is 0 Å². The lowest BCUT2D eigenvalue weighted by Gasteiger charge is -2.36. The summed E-state index contributed by atoms with van der Waals surface area (Å²) in [6, 6.07) is 23.4. The van der Waals surface area contributed by atoms with Gasteiger partial charge in [0.2, 0.25) is 5.78 Å². The van der Waals surface area contributed by atoms with E-state index in [0.29, 0.717) is 28.4 Å². The highest BCUT2D eigenvalue weighted by Gasteiger charge is 2.23. The first-order chi connectivity index (χ1) is 16.5. The number of ketones is 2. The Morgan fingerprint density at radius 3 is 2.32 bits per heavy atom. The van der Waals surface area contributed by atoms with Crippen LogP contribution in [0.1, 0.15) is 26.4 Å².